The van der Waals surface area contributed by atoms with Crippen LogP contribution in [0, 0.1) is 23.4 Å². The highest BCUT2D eigenvalue weighted by Gasteiger charge is 2.42. The van der Waals surface area contributed by atoms with E-state index in [4.69, 9.17) is 0 Å². The van der Waals surface area contributed by atoms with E-state index >= 15 is 0 Å². The van der Waals surface area contributed by atoms with Gasteiger partial charge in [0.15, 0.2) is 17.5 Å². The second-order valence-electron chi connectivity index (χ2n) is 6.61. The minimum absolute atomic E-state index is 0.0625. The monoisotopic (exact) mass is 425 g/mol. The Bertz CT molecular complexity index is 806. The molecule has 1 fully saturated rings. The van der Waals surface area contributed by atoms with E-state index in [0.717, 1.165) is 4.90 Å². The van der Waals surface area contributed by atoms with E-state index in [1.165, 1.54) is 6.92 Å². The Labute approximate surface area is 161 Å². The number of alkyl halides is 3. The SMILES string of the molecule is CC(NC(=O)C(=O)N1CC[C@@H](C(=O)Nc2cc(F)c(F)c(F)c2)[C@@H]1C)C(F)(F)F. The highest BCUT2D eigenvalue weighted by molar-refractivity contribution is 6.35. The largest absolute Gasteiger partial charge is 0.408 e. The third-order valence-corrected chi connectivity index (χ3v) is 4.64. The molecule has 1 heterocycles. The number of benzene rings is 1. The summed E-state index contributed by atoms with van der Waals surface area (Å²) in [6, 6.07) is -1.96. The van der Waals surface area contributed by atoms with Crippen LogP contribution in [-0.2, 0) is 14.4 Å². The van der Waals surface area contributed by atoms with Crippen molar-refractivity contribution in [1.29, 1.82) is 0 Å². The Morgan fingerprint density at radius 3 is 2.21 bits per heavy atom. The van der Waals surface area contributed by atoms with Crippen molar-refractivity contribution >= 4 is 23.4 Å². The van der Waals surface area contributed by atoms with E-state index in [0.29, 0.717) is 19.1 Å². The molecule has 0 aromatic heterocycles. The number of nitrogens with one attached hydrogen (secondary N) is 2. The van der Waals surface area contributed by atoms with Crippen molar-refractivity contribution in [2.75, 3.05) is 11.9 Å². The smallest absolute Gasteiger partial charge is 0.336 e. The number of amides is 3. The molecular formula is C17H17F6N3O3. The van der Waals surface area contributed by atoms with Gasteiger partial charge in [-0.25, -0.2) is 13.2 Å². The molecule has 2 N–H and O–H groups in total. The van der Waals surface area contributed by atoms with Crippen molar-refractivity contribution < 1.29 is 40.7 Å². The van der Waals surface area contributed by atoms with Gasteiger partial charge in [-0.2, -0.15) is 13.2 Å². The van der Waals surface area contributed by atoms with E-state index in [1.54, 1.807) is 5.32 Å². The first-order chi connectivity index (χ1) is 13.3. The van der Waals surface area contributed by atoms with E-state index in [-0.39, 0.29) is 18.7 Å². The fourth-order valence-corrected chi connectivity index (χ4v) is 2.91. The second kappa shape index (κ2) is 8.29. The normalized spacial score (nSPS) is 20.3. The minimum Gasteiger partial charge on any atom is -0.336 e. The van der Waals surface area contributed by atoms with E-state index in [1.807, 2.05) is 0 Å². The van der Waals surface area contributed by atoms with Gasteiger partial charge in [-0.15, -0.1) is 0 Å². The van der Waals surface area contributed by atoms with Gasteiger partial charge >= 0.3 is 18.0 Å². The van der Waals surface area contributed by atoms with Crippen molar-refractivity contribution in [3.8, 4) is 0 Å². The number of carbonyl (C=O) groups excluding carboxylic acids is 3. The molecule has 0 radical (unpaired) electrons. The maximum atomic E-state index is 13.2. The predicted octanol–water partition coefficient (Wildman–Crippen LogP) is 2.35. The zero-order valence-electron chi connectivity index (χ0n) is 15.2. The molecule has 12 heteroatoms. The topological polar surface area (TPSA) is 78.5 Å². The summed E-state index contributed by atoms with van der Waals surface area (Å²) in [6.07, 6.45) is -4.66. The van der Waals surface area contributed by atoms with Gasteiger partial charge in [-0.1, -0.05) is 0 Å². The molecule has 0 saturated carbocycles. The Morgan fingerprint density at radius 1 is 1.14 bits per heavy atom. The highest BCUT2D eigenvalue weighted by atomic mass is 19.4. The second-order valence-corrected chi connectivity index (χ2v) is 6.61. The minimum atomic E-state index is -4.73. The van der Waals surface area contributed by atoms with Crippen LogP contribution < -0.4 is 10.6 Å². The van der Waals surface area contributed by atoms with Crippen molar-refractivity contribution in [3.63, 3.8) is 0 Å². The maximum absolute atomic E-state index is 13.2. The number of anilines is 1. The van der Waals surface area contributed by atoms with Crippen LogP contribution in [0.25, 0.3) is 0 Å². The lowest BCUT2D eigenvalue weighted by Crippen LogP contribution is -2.51. The summed E-state index contributed by atoms with van der Waals surface area (Å²) in [5.74, 6) is -9.06. The Balaban J connectivity index is 2.03. The first-order valence-corrected chi connectivity index (χ1v) is 8.46. The fraction of sp³-hybridized carbons (Fsp3) is 0.471. The number of halogens is 6. The van der Waals surface area contributed by atoms with Crippen LogP contribution in [0.2, 0.25) is 0 Å². The van der Waals surface area contributed by atoms with Gasteiger partial charge < -0.3 is 15.5 Å². The molecule has 0 spiro atoms. The zero-order chi connectivity index (χ0) is 22.1. The summed E-state index contributed by atoms with van der Waals surface area (Å²) >= 11 is 0. The average Bonchev–Trinajstić information content (AvgIpc) is 2.99. The molecule has 3 atom stereocenters. The Hall–Kier alpha value is -2.79. The van der Waals surface area contributed by atoms with Crippen LogP contribution in [0.1, 0.15) is 20.3 Å². The van der Waals surface area contributed by atoms with Crippen molar-refractivity contribution in [3.05, 3.63) is 29.6 Å². The van der Waals surface area contributed by atoms with Gasteiger partial charge in [0.2, 0.25) is 5.91 Å². The van der Waals surface area contributed by atoms with Crippen molar-refractivity contribution in [2.24, 2.45) is 5.92 Å². The summed E-state index contributed by atoms with van der Waals surface area (Å²) in [5.41, 5.74) is -0.347. The third-order valence-electron chi connectivity index (χ3n) is 4.64. The Kier molecular flexibility index (Phi) is 6.43. The van der Waals surface area contributed by atoms with E-state index in [9.17, 15) is 40.7 Å². The van der Waals surface area contributed by atoms with Crippen LogP contribution in [0.4, 0.5) is 32.0 Å². The molecular weight excluding hydrogens is 408 g/mol. The Morgan fingerprint density at radius 2 is 1.69 bits per heavy atom. The average molecular weight is 425 g/mol. The van der Waals surface area contributed by atoms with Crippen LogP contribution in [0.15, 0.2) is 12.1 Å². The summed E-state index contributed by atoms with van der Waals surface area (Å²) < 4.78 is 77.0. The molecule has 1 aliphatic heterocycles. The quantitative estimate of drug-likeness (QED) is 0.444. The first kappa shape index (κ1) is 22.5. The van der Waals surface area contributed by atoms with Gasteiger partial charge in [0.25, 0.3) is 0 Å². The third kappa shape index (κ3) is 4.98. The molecule has 0 bridgehead atoms. The molecule has 3 amide bonds. The van der Waals surface area contributed by atoms with E-state index < -0.39 is 59.4 Å². The lowest BCUT2D eigenvalue weighted by atomic mass is 10.0. The molecule has 2 rings (SSSR count). The number of hydrogen-bond acceptors (Lipinski definition) is 3. The standard InChI is InChI=1S/C17H17F6N3O3/c1-7-10(14(27)25-9-5-11(18)13(20)12(19)6-9)3-4-26(7)16(29)15(28)24-8(2)17(21,22)23/h5-8,10H,3-4H2,1-2H3,(H,24,28)(H,25,27)/t7-,8?,10+/m0/s1. The first-order valence-electron chi connectivity index (χ1n) is 8.46. The van der Waals surface area contributed by atoms with Crippen LogP contribution in [-0.4, -0.2) is 47.4 Å². The van der Waals surface area contributed by atoms with Crippen molar-refractivity contribution in [1.82, 2.24) is 10.2 Å². The number of rotatable bonds is 3. The molecule has 1 unspecified atom stereocenters. The van der Waals surface area contributed by atoms with E-state index in [2.05, 4.69) is 5.32 Å². The van der Waals surface area contributed by atoms with Gasteiger partial charge in [-0.3, -0.25) is 14.4 Å². The molecule has 0 aliphatic carbocycles. The zero-order valence-corrected chi connectivity index (χ0v) is 15.2. The van der Waals surface area contributed by atoms with Crippen LogP contribution in [0.3, 0.4) is 0 Å². The van der Waals surface area contributed by atoms with Gasteiger partial charge in [-0.05, 0) is 20.3 Å². The lowest BCUT2D eigenvalue weighted by Gasteiger charge is -2.25. The summed E-state index contributed by atoms with van der Waals surface area (Å²) in [6.45, 7) is 2.00. The van der Waals surface area contributed by atoms with Gasteiger partial charge in [0.05, 0.1) is 5.92 Å². The van der Waals surface area contributed by atoms with Crippen LogP contribution in [0.5, 0.6) is 0 Å². The predicted molar refractivity (Wildman–Crippen MR) is 87.9 cm³/mol. The number of nitrogens with zero attached hydrogens (tertiary/aromatic N) is 1. The molecule has 1 aliphatic rings. The number of hydrogen-bond donors (Lipinski definition) is 2. The van der Waals surface area contributed by atoms with Crippen LogP contribution >= 0.6 is 0 Å². The van der Waals surface area contributed by atoms with Gasteiger partial charge in [0, 0.05) is 30.4 Å². The fourth-order valence-electron chi connectivity index (χ4n) is 2.91. The summed E-state index contributed by atoms with van der Waals surface area (Å²) in [4.78, 5) is 37.2. The summed E-state index contributed by atoms with van der Waals surface area (Å²) in [7, 11) is 0. The molecule has 6 nitrogen and oxygen atoms in total. The lowest BCUT2D eigenvalue weighted by molar-refractivity contribution is -0.162. The maximum Gasteiger partial charge on any atom is 0.408 e. The molecule has 160 valence electrons. The summed E-state index contributed by atoms with van der Waals surface area (Å²) in [5, 5.41) is 3.74. The van der Waals surface area contributed by atoms with Crippen molar-refractivity contribution in [2.45, 2.75) is 38.5 Å². The molecule has 1 aromatic rings. The molecule has 1 aromatic carbocycles. The molecule has 1 saturated heterocycles. The highest BCUT2D eigenvalue weighted by Crippen LogP contribution is 2.27. The van der Waals surface area contributed by atoms with Gasteiger partial charge in [0.1, 0.15) is 6.04 Å². The number of likely N-dealkylation sites (tertiary alicyclic amines) is 1. The number of carbonyl (C=O) groups is 3. The molecule has 29 heavy (non-hydrogen) atoms.